The van der Waals surface area contributed by atoms with Crippen molar-refractivity contribution in [1.82, 2.24) is 25.4 Å². The van der Waals surface area contributed by atoms with Crippen LogP contribution in [-0.4, -0.2) is 107 Å². The van der Waals surface area contributed by atoms with Crippen molar-refractivity contribution in [3.05, 3.63) is 82.0 Å². The Morgan fingerprint density at radius 3 is 2.35 bits per heavy atom. The van der Waals surface area contributed by atoms with Crippen LogP contribution >= 0.6 is 11.6 Å². The Labute approximate surface area is 354 Å². The van der Waals surface area contributed by atoms with Crippen molar-refractivity contribution in [2.24, 2.45) is 16.7 Å². The number of hydrogen-bond acceptors (Lipinski definition) is 11. The number of benzene rings is 2. The number of rotatable bonds is 9. The summed E-state index contributed by atoms with van der Waals surface area (Å²) in [5.41, 5.74) is 1.69. The van der Waals surface area contributed by atoms with Gasteiger partial charge in [-0.05, 0) is 74.1 Å². The van der Waals surface area contributed by atoms with Crippen LogP contribution in [0.25, 0.3) is 0 Å². The number of aromatic nitrogens is 1. The van der Waals surface area contributed by atoms with E-state index in [2.05, 4.69) is 59.1 Å². The number of carbonyl (C=O) groups is 5. The number of likely N-dealkylation sites (tertiary alicyclic amines) is 1. The van der Waals surface area contributed by atoms with E-state index in [0.717, 1.165) is 68.4 Å². The molecule has 5 aliphatic heterocycles. The van der Waals surface area contributed by atoms with Crippen LogP contribution in [0.15, 0.2) is 54.7 Å². The van der Waals surface area contributed by atoms with Crippen molar-refractivity contribution in [2.45, 2.75) is 90.1 Å². The molecule has 2 bridgehead atoms. The molecule has 3 aromatic rings. The molecule has 0 radical (unpaired) electrons. The summed E-state index contributed by atoms with van der Waals surface area (Å²) in [5.74, 6) is -0.111. The van der Waals surface area contributed by atoms with E-state index < -0.39 is 29.7 Å². The maximum atomic E-state index is 13.5. The van der Waals surface area contributed by atoms with Gasteiger partial charge in [0.2, 0.25) is 11.8 Å². The van der Waals surface area contributed by atoms with E-state index in [0.29, 0.717) is 51.0 Å². The Bertz CT molecular complexity index is 2320. The molecular weight excluding hydrogens is 784 g/mol. The van der Waals surface area contributed by atoms with Gasteiger partial charge in [-0.2, -0.15) is 5.26 Å². The number of imide groups is 2. The van der Waals surface area contributed by atoms with Crippen LogP contribution in [-0.2, 0) is 9.59 Å². The van der Waals surface area contributed by atoms with E-state index in [1.807, 2.05) is 18.2 Å². The summed E-state index contributed by atoms with van der Waals surface area (Å²) < 4.78 is 6.38. The number of piperazine rings is 1. The van der Waals surface area contributed by atoms with Gasteiger partial charge in [0.15, 0.2) is 0 Å². The van der Waals surface area contributed by atoms with Gasteiger partial charge in [0.1, 0.15) is 29.8 Å². The topological polar surface area (TPSA) is 168 Å². The summed E-state index contributed by atoms with van der Waals surface area (Å²) in [5, 5.41) is 15.1. The SMILES string of the molecule is CC1(C)C(NC(=O)c2ccc(N3CCC(CN4C[C@@H]5C[C@H]4CN5c4ccc5c(c4)C(=O)N(C4CCC(=O)NC4=O)C5=O)CC3)nc2)C(C)(C)C1Oc1ccc(C#N)c(Cl)c1. The van der Waals surface area contributed by atoms with Crippen LogP contribution in [0.3, 0.4) is 0 Å². The maximum Gasteiger partial charge on any atom is 0.262 e. The number of ether oxygens (including phenoxy) is 1. The van der Waals surface area contributed by atoms with E-state index >= 15 is 0 Å². The van der Waals surface area contributed by atoms with Gasteiger partial charge in [-0.15, -0.1) is 0 Å². The molecule has 312 valence electrons. The van der Waals surface area contributed by atoms with Crippen molar-refractivity contribution >= 4 is 52.6 Å². The van der Waals surface area contributed by atoms with Crippen molar-refractivity contribution in [1.29, 1.82) is 5.26 Å². The molecular formula is C45H49ClN8O6. The Hall–Kier alpha value is -5.52. The molecule has 1 unspecified atom stereocenters. The summed E-state index contributed by atoms with van der Waals surface area (Å²) in [4.78, 5) is 77.3. The zero-order chi connectivity index (χ0) is 42.2. The number of amides is 5. The van der Waals surface area contributed by atoms with Crippen LogP contribution in [0.5, 0.6) is 5.75 Å². The zero-order valence-corrected chi connectivity index (χ0v) is 35.0. The highest BCUT2D eigenvalue weighted by molar-refractivity contribution is 6.31. The molecule has 0 spiro atoms. The van der Waals surface area contributed by atoms with Gasteiger partial charge in [0.25, 0.3) is 17.7 Å². The lowest BCUT2D eigenvalue weighted by Crippen LogP contribution is -2.74. The zero-order valence-electron chi connectivity index (χ0n) is 34.2. The first-order valence-corrected chi connectivity index (χ1v) is 21.3. The highest BCUT2D eigenvalue weighted by Gasteiger charge is 2.64. The fourth-order valence-corrected chi connectivity index (χ4v) is 11.3. The van der Waals surface area contributed by atoms with Crippen molar-refractivity contribution in [3.63, 3.8) is 0 Å². The third kappa shape index (κ3) is 6.76. The first kappa shape index (κ1) is 39.9. The number of nitriles is 1. The highest BCUT2D eigenvalue weighted by Crippen LogP contribution is 2.55. The minimum Gasteiger partial charge on any atom is -0.489 e. The molecule has 1 aromatic heterocycles. The van der Waals surface area contributed by atoms with Crippen LogP contribution in [0.4, 0.5) is 11.5 Å². The van der Waals surface area contributed by atoms with E-state index in [1.165, 1.54) is 0 Å². The van der Waals surface area contributed by atoms with Crippen molar-refractivity contribution in [3.8, 4) is 11.8 Å². The van der Waals surface area contributed by atoms with Gasteiger partial charge < -0.3 is 19.9 Å². The molecule has 4 saturated heterocycles. The fraction of sp³-hybridized carbons (Fsp3) is 0.489. The van der Waals surface area contributed by atoms with Crippen molar-refractivity contribution < 1.29 is 28.7 Å². The monoisotopic (exact) mass is 832 g/mol. The third-order valence-corrected chi connectivity index (χ3v) is 14.3. The summed E-state index contributed by atoms with van der Waals surface area (Å²) >= 11 is 6.25. The highest BCUT2D eigenvalue weighted by atomic mass is 35.5. The van der Waals surface area contributed by atoms with Gasteiger partial charge in [-0.25, -0.2) is 4.98 Å². The fourth-order valence-electron chi connectivity index (χ4n) is 11.1. The van der Waals surface area contributed by atoms with Crippen LogP contribution in [0.2, 0.25) is 5.02 Å². The van der Waals surface area contributed by atoms with E-state index in [-0.39, 0.29) is 41.7 Å². The van der Waals surface area contributed by atoms with Gasteiger partial charge in [-0.3, -0.25) is 39.1 Å². The second-order valence-electron chi connectivity index (χ2n) is 18.5. The number of pyridine rings is 1. The summed E-state index contributed by atoms with van der Waals surface area (Å²) in [6, 6.07) is 15.9. The van der Waals surface area contributed by atoms with Gasteiger partial charge >= 0.3 is 0 Å². The molecule has 3 atom stereocenters. The molecule has 6 heterocycles. The third-order valence-electron chi connectivity index (χ3n) is 14.0. The molecule has 2 N–H and O–H groups in total. The molecule has 5 amide bonds. The Balaban J connectivity index is 0.747. The molecule has 5 fully saturated rings. The standard InChI is InChI=1S/C45H49ClN8O6/c1-44(2)42(45(3,4)43(44)60-31-8-5-26(20-47)34(46)19-31)50-38(56)27-6-11-36(48-21-27)51-15-13-25(14-16-51)22-52-23-30-17-29(52)24-53(30)28-7-9-32-33(18-28)41(59)54(40(32)58)35-10-12-37(55)49-39(35)57/h5-9,11,18-19,21,25,29-30,35,42-43H,10,12-17,22-24H2,1-4H3,(H,50,56)(H,49,55,57)/t29-,30-,35?,42?,43?/m0/s1. The molecule has 1 aliphatic carbocycles. The van der Waals surface area contributed by atoms with Crippen LogP contribution in [0.1, 0.15) is 96.4 Å². The van der Waals surface area contributed by atoms with Crippen LogP contribution < -0.4 is 25.2 Å². The minimum atomic E-state index is -0.976. The molecule has 15 heteroatoms. The molecule has 1 saturated carbocycles. The second-order valence-corrected chi connectivity index (χ2v) is 18.9. The lowest BCUT2D eigenvalue weighted by Gasteiger charge is -2.63. The number of fused-ring (bicyclic) bond motifs is 3. The molecule has 9 rings (SSSR count). The Morgan fingerprint density at radius 2 is 1.70 bits per heavy atom. The lowest BCUT2D eigenvalue weighted by atomic mass is 9.49. The summed E-state index contributed by atoms with van der Waals surface area (Å²) in [6.45, 7) is 12.9. The van der Waals surface area contributed by atoms with Crippen LogP contribution in [0, 0.1) is 28.1 Å². The molecule has 6 aliphatic rings. The van der Waals surface area contributed by atoms with Gasteiger partial charge in [0, 0.05) is 86.1 Å². The Kier molecular flexibility index (Phi) is 9.90. The number of nitrogens with zero attached hydrogens (tertiary/aromatic N) is 6. The number of anilines is 2. The number of halogens is 1. The van der Waals surface area contributed by atoms with E-state index in [9.17, 15) is 29.2 Å². The largest absolute Gasteiger partial charge is 0.489 e. The quantitative estimate of drug-likeness (QED) is 0.285. The lowest BCUT2D eigenvalue weighted by molar-refractivity contribution is -0.164. The Morgan fingerprint density at radius 1 is 0.950 bits per heavy atom. The number of carbonyl (C=O) groups excluding carboxylic acids is 5. The number of hydrogen-bond donors (Lipinski definition) is 2. The normalized spacial score (nSPS) is 27.1. The number of nitrogens with one attached hydrogen (secondary N) is 2. The average Bonchev–Trinajstić information content (AvgIpc) is 3.90. The predicted octanol–water partition coefficient (Wildman–Crippen LogP) is 4.80. The minimum absolute atomic E-state index is 0.0904. The smallest absolute Gasteiger partial charge is 0.262 e. The molecule has 2 aromatic carbocycles. The maximum absolute atomic E-state index is 13.5. The van der Waals surface area contributed by atoms with Gasteiger partial charge in [-0.1, -0.05) is 39.3 Å². The number of piperidine rings is 2. The van der Waals surface area contributed by atoms with E-state index in [1.54, 1.807) is 36.5 Å². The first-order chi connectivity index (χ1) is 28.6. The second kappa shape index (κ2) is 14.9. The first-order valence-electron chi connectivity index (χ1n) is 20.9. The predicted molar refractivity (Wildman–Crippen MR) is 223 cm³/mol. The average molecular weight is 833 g/mol. The molecule has 14 nitrogen and oxygen atoms in total. The van der Waals surface area contributed by atoms with Crippen molar-refractivity contribution in [2.75, 3.05) is 42.5 Å². The summed E-state index contributed by atoms with van der Waals surface area (Å²) in [6.07, 6.45) is 4.85. The molecule has 60 heavy (non-hydrogen) atoms. The van der Waals surface area contributed by atoms with E-state index in [4.69, 9.17) is 21.3 Å². The summed E-state index contributed by atoms with van der Waals surface area (Å²) in [7, 11) is 0. The van der Waals surface area contributed by atoms with Gasteiger partial charge in [0.05, 0.1) is 27.3 Å².